The molecule has 3 aliphatic rings. The molecule has 0 saturated carbocycles. The summed E-state index contributed by atoms with van der Waals surface area (Å²) in [6.07, 6.45) is 3.82. The quantitative estimate of drug-likeness (QED) is 0.230. The summed E-state index contributed by atoms with van der Waals surface area (Å²) in [5.74, 6) is -3.18. The Hall–Kier alpha value is -5.12. The number of ether oxygens (including phenoxy) is 1. The topological polar surface area (TPSA) is 115 Å². The number of para-hydroxylation sites is 2. The number of rotatable bonds is 3. The van der Waals surface area contributed by atoms with Crippen molar-refractivity contribution >= 4 is 52.2 Å². The van der Waals surface area contributed by atoms with Crippen LogP contribution in [0.2, 0.25) is 0 Å². The van der Waals surface area contributed by atoms with Crippen LogP contribution in [0.4, 0.5) is 11.4 Å². The Morgan fingerprint density at radius 2 is 1.59 bits per heavy atom. The molecule has 4 heterocycles. The van der Waals surface area contributed by atoms with Gasteiger partial charge in [0.2, 0.25) is 11.8 Å². The van der Waals surface area contributed by atoms with Gasteiger partial charge in [0, 0.05) is 12.6 Å². The van der Waals surface area contributed by atoms with Gasteiger partial charge in [0.15, 0.2) is 0 Å². The average Bonchev–Trinajstić information content (AvgIpc) is 3.60. The minimum Gasteiger partial charge on any atom is -0.427 e. The van der Waals surface area contributed by atoms with Crippen molar-refractivity contribution in [1.29, 1.82) is 0 Å². The Morgan fingerprint density at radius 3 is 2.38 bits per heavy atom. The molecular formula is C29H21N5O5. The molecule has 3 aliphatic heterocycles. The van der Waals surface area contributed by atoms with E-state index >= 15 is 0 Å². The number of hydrogen-bond acceptors (Lipinski definition) is 8. The lowest BCUT2D eigenvalue weighted by atomic mass is 9.88. The molecule has 1 aromatic heterocycles. The third kappa shape index (κ3) is 3.34. The minimum atomic E-state index is -0.988. The lowest BCUT2D eigenvalue weighted by molar-refractivity contribution is -0.132. The Morgan fingerprint density at radius 1 is 0.872 bits per heavy atom. The van der Waals surface area contributed by atoms with E-state index in [1.165, 1.54) is 23.7 Å². The van der Waals surface area contributed by atoms with E-state index < -0.39 is 41.7 Å². The van der Waals surface area contributed by atoms with Gasteiger partial charge in [-0.2, -0.15) is 4.68 Å². The highest BCUT2D eigenvalue weighted by Gasteiger charge is 2.64. The Balaban J connectivity index is 1.34. The molecule has 192 valence electrons. The fourth-order valence-corrected chi connectivity index (χ4v) is 6.04. The molecule has 0 radical (unpaired) electrons. The fraction of sp³-hybridized carbons (Fsp3) is 0.172. The van der Waals surface area contributed by atoms with Crippen LogP contribution in [-0.4, -0.2) is 50.8 Å². The number of imide groups is 1. The molecule has 10 nitrogen and oxygen atoms in total. The summed E-state index contributed by atoms with van der Waals surface area (Å²) in [6, 6.07) is 19.4. The normalized spacial score (nSPS) is 23.1. The van der Waals surface area contributed by atoms with Crippen molar-refractivity contribution in [1.82, 2.24) is 15.0 Å². The molecule has 2 saturated heterocycles. The van der Waals surface area contributed by atoms with Gasteiger partial charge in [-0.25, -0.2) is 4.90 Å². The number of carbonyl (C=O) groups is 4. The highest BCUT2D eigenvalue weighted by molar-refractivity contribution is 6.25. The molecule has 0 N–H and O–H groups in total. The van der Waals surface area contributed by atoms with Gasteiger partial charge >= 0.3 is 5.97 Å². The highest BCUT2D eigenvalue weighted by Crippen LogP contribution is 2.49. The lowest BCUT2D eigenvalue weighted by Gasteiger charge is -2.36. The third-order valence-corrected chi connectivity index (χ3v) is 7.58. The Kier molecular flexibility index (Phi) is 4.99. The average molecular weight is 520 g/mol. The number of fused-ring (bicyclic) bond motifs is 6. The summed E-state index contributed by atoms with van der Waals surface area (Å²) in [5.41, 5.74) is 3.10. The summed E-state index contributed by atoms with van der Waals surface area (Å²) >= 11 is 0. The number of amides is 2. The van der Waals surface area contributed by atoms with E-state index in [1.54, 1.807) is 30.3 Å². The van der Waals surface area contributed by atoms with Gasteiger partial charge in [0.1, 0.15) is 17.3 Å². The smallest absolute Gasteiger partial charge is 0.308 e. The maximum Gasteiger partial charge on any atom is 0.308 e. The molecule has 0 bridgehead atoms. The molecule has 3 aromatic carbocycles. The third-order valence-electron chi connectivity index (χ3n) is 7.58. The van der Waals surface area contributed by atoms with Gasteiger partial charge in [0.05, 0.1) is 29.1 Å². The van der Waals surface area contributed by atoms with Crippen LogP contribution in [0.15, 0.2) is 78.9 Å². The molecule has 4 aromatic rings. The predicted molar refractivity (Wildman–Crippen MR) is 141 cm³/mol. The monoisotopic (exact) mass is 519 g/mol. The predicted octanol–water partition coefficient (Wildman–Crippen LogP) is 3.09. The van der Waals surface area contributed by atoms with Gasteiger partial charge in [0.25, 0.3) is 5.91 Å². The van der Waals surface area contributed by atoms with Crippen LogP contribution in [0.5, 0.6) is 5.75 Å². The van der Waals surface area contributed by atoms with Crippen LogP contribution in [0.25, 0.3) is 17.1 Å². The van der Waals surface area contributed by atoms with E-state index in [4.69, 9.17) is 4.74 Å². The first-order chi connectivity index (χ1) is 18.9. The largest absolute Gasteiger partial charge is 0.427 e. The zero-order chi connectivity index (χ0) is 26.8. The summed E-state index contributed by atoms with van der Waals surface area (Å²) in [6.45, 7) is 1.29. The van der Waals surface area contributed by atoms with Crippen LogP contribution in [0.1, 0.15) is 17.3 Å². The van der Waals surface area contributed by atoms with Crippen LogP contribution in [0, 0.1) is 11.8 Å². The van der Waals surface area contributed by atoms with E-state index in [0.717, 1.165) is 16.2 Å². The second-order valence-corrected chi connectivity index (χ2v) is 9.74. The number of carbonyl (C=O) groups excluding carboxylic acids is 4. The summed E-state index contributed by atoms with van der Waals surface area (Å²) in [7, 11) is 0. The van der Waals surface area contributed by atoms with Crippen LogP contribution in [0.3, 0.4) is 0 Å². The van der Waals surface area contributed by atoms with Gasteiger partial charge in [-0.3, -0.25) is 19.2 Å². The number of anilines is 2. The summed E-state index contributed by atoms with van der Waals surface area (Å²) < 4.78 is 6.32. The molecule has 0 aliphatic carbocycles. The second kappa shape index (κ2) is 8.45. The molecule has 2 amide bonds. The van der Waals surface area contributed by atoms with Crippen molar-refractivity contribution in [2.75, 3.05) is 9.80 Å². The zero-order valence-electron chi connectivity index (χ0n) is 20.7. The number of aromatic nitrogens is 3. The Labute approximate surface area is 222 Å². The first-order valence-electron chi connectivity index (χ1n) is 12.5. The van der Waals surface area contributed by atoms with E-state index in [-0.39, 0.29) is 5.91 Å². The molecule has 0 spiro atoms. The first-order valence-corrected chi connectivity index (χ1v) is 12.5. The molecule has 7 rings (SSSR count). The van der Waals surface area contributed by atoms with Gasteiger partial charge in [-0.05, 0) is 48.0 Å². The number of hydrogen-bond donors (Lipinski definition) is 0. The van der Waals surface area contributed by atoms with E-state index in [9.17, 15) is 19.2 Å². The molecule has 4 atom stereocenters. The minimum absolute atomic E-state index is 0.301. The van der Waals surface area contributed by atoms with Gasteiger partial charge in [-0.15, -0.1) is 5.10 Å². The SMILES string of the molecule is CC(=O)Oc1ccc(N2C(=O)[C@@H]3[C@H](C2=O)[C@H]2C=Cc4ccccc4N2[C@@H]3C(=O)n2nnc3ccccc32)cc1. The lowest BCUT2D eigenvalue weighted by Crippen LogP contribution is -2.50. The van der Waals surface area contributed by atoms with Gasteiger partial charge < -0.3 is 9.64 Å². The maximum absolute atomic E-state index is 14.2. The van der Waals surface area contributed by atoms with E-state index in [0.29, 0.717) is 22.5 Å². The fourth-order valence-electron chi connectivity index (χ4n) is 6.04. The van der Waals surface area contributed by atoms with Crippen LogP contribution >= 0.6 is 0 Å². The number of esters is 1. The molecule has 0 unspecified atom stereocenters. The van der Waals surface area contributed by atoms with Crippen molar-refractivity contribution in [3.05, 3.63) is 84.4 Å². The van der Waals surface area contributed by atoms with Crippen LogP contribution < -0.4 is 14.5 Å². The van der Waals surface area contributed by atoms with Gasteiger partial charge in [-0.1, -0.05) is 47.7 Å². The standard InChI is InChI=1S/C29H21N5O5/c1-16(35)39-19-13-11-18(12-14-19)32-27(36)24-23-15-10-17-6-2-4-8-21(17)33(23)26(25(24)28(32)37)29(38)34-22-9-5-3-7-20(22)30-31-34/h2-15,23-26H,1H3/t23-,24-,25-,26+/m1/s1. The molecule has 10 heteroatoms. The zero-order valence-corrected chi connectivity index (χ0v) is 20.7. The van der Waals surface area contributed by atoms with Crippen molar-refractivity contribution in [3.8, 4) is 5.75 Å². The van der Waals surface area contributed by atoms with Crippen molar-refractivity contribution in [3.63, 3.8) is 0 Å². The molecule has 39 heavy (non-hydrogen) atoms. The second-order valence-electron chi connectivity index (χ2n) is 9.74. The summed E-state index contributed by atoms with van der Waals surface area (Å²) in [5, 5.41) is 8.26. The summed E-state index contributed by atoms with van der Waals surface area (Å²) in [4.78, 5) is 56.5. The van der Waals surface area contributed by atoms with Crippen molar-refractivity contribution < 1.29 is 23.9 Å². The highest BCUT2D eigenvalue weighted by atomic mass is 16.5. The maximum atomic E-state index is 14.2. The van der Waals surface area contributed by atoms with Crippen molar-refractivity contribution in [2.24, 2.45) is 11.8 Å². The molecular weight excluding hydrogens is 498 g/mol. The van der Waals surface area contributed by atoms with E-state index in [1.807, 2.05) is 47.4 Å². The van der Waals surface area contributed by atoms with Crippen LogP contribution in [-0.2, 0) is 14.4 Å². The van der Waals surface area contributed by atoms with Crippen molar-refractivity contribution in [2.45, 2.75) is 19.0 Å². The Bertz CT molecular complexity index is 1730. The number of nitrogens with zero attached hydrogens (tertiary/aromatic N) is 5. The first kappa shape index (κ1) is 23.0. The van der Waals surface area contributed by atoms with E-state index in [2.05, 4.69) is 10.3 Å². The number of benzene rings is 3. The molecule has 2 fully saturated rings.